The van der Waals surface area contributed by atoms with E-state index in [1.54, 1.807) is 11.0 Å². The minimum absolute atomic E-state index is 0.0810. The lowest BCUT2D eigenvalue weighted by Gasteiger charge is -2.09. The van der Waals surface area contributed by atoms with Crippen molar-refractivity contribution < 1.29 is 0 Å². The molecule has 0 spiro atoms. The van der Waals surface area contributed by atoms with Crippen LogP contribution in [0.4, 0.5) is 0 Å². The van der Waals surface area contributed by atoms with E-state index < -0.39 is 0 Å². The summed E-state index contributed by atoms with van der Waals surface area (Å²) < 4.78 is 1.77. The number of nitrogens with two attached hydrogens (primary N) is 1. The number of hydrogen-bond donors (Lipinski definition) is 1. The molecule has 0 radical (unpaired) electrons. The predicted octanol–water partition coefficient (Wildman–Crippen LogP) is 0.861. The smallest absolute Gasteiger partial charge is 0.143 e. The third-order valence-electron chi connectivity index (χ3n) is 3.01. The molecular weight excluding hydrogens is 164 g/mol. The third-order valence-corrected chi connectivity index (χ3v) is 3.01. The van der Waals surface area contributed by atoms with Gasteiger partial charge in [0.25, 0.3) is 0 Å². The molecule has 3 atom stereocenters. The molecule has 2 rings (SSSR count). The number of aryl methyl sites for hydroxylation is 1. The van der Waals surface area contributed by atoms with Gasteiger partial charge >= 0.3 is 0 Å². The van der Waals surface area contributed by atoms with E-state index in [-0.39, 0.29) is 6.04 Å². The highest BCUT2D eigenvalue weighted by Gasteiger charge is 2.41. The first-order chi connectivity index (χ1) is 6.24. The second-order valence-electron chi connectivity index (χ2n) is 3.84. The summed E-state index contributed by atoms with van der Waals surface area (Å²) in [6.45, 7) is 2.22. The Kier molecular flexibility index (Phi) is 2.07. The summed E-state index contributed by atoms with van der Waals surface area (Å²) in [6, 6.07) is 0.0810. The van der Waals surface area contributed by atoms with Gasteiger partial charge in [-0.2, -0.15) is 5.10 Å². The van der Waals surface area contributed by atoms with Gasteiger partial charge in [-0.3, -0.25) is 4.68 Å². The fourth-order valence-corrected chi connectivity index (χ4v) is 1.98. The Balaban J connectivity index is 2.06. The average molecular weight is 180 g/mol. The van der Waals surface area contributed by atoms with Gasteiger partial charge < -0.3 is 5.73 Å². The van der Waals surface area contributed by atoms with Crippen LogP contribution >= 0.6 is 0 Å². The molecule has 1 saturated carbocycles. The molecule has 1 aromatic heterocycles. The standard InChI is InChI=1S/C9H16N4/c1-3-6-4-7(6)8(10)9-11-5-12-13(9)2/h5-8H,3-4,10H2,1-2H3/t6-,7-,8?/m1/s1. The Morgan fingerprint density at radius 3 is 3.00 bits per heavy atom. The van der Waals surface area contributed by atoms with Crippen LogP contribution in [0.1, 0.15) is 31.6 Å². The summed E-state index contributed by atoms with van der Waals surface area (Å²) in [4.78, 5) is 4.17. The number of nitrogens with zero attached hydrogens (tertiary/aromatic N) is 3. The van der Waals surface area contributed by atoms with Crippen LogP contribution in [0.15, 0.2) is 6.33 Å². The third kappa shape index (κ3) is 1.46. The Morgan fingerprint density at radius 2 is 2.54 bits per heavy atom. The molecule has 1 fully saturated rings. The Labute approximate surface area is 78.1 Å². The molecule has 2 N–H and O–H groups in total. The van der Waals surface area contributed by atoms with E-state index in [1.807, 2.05) is 7.05 Å². The minimum Gasteiger partial charge on any atom is -0.321 e. The van der Waals surface area contributed by atoms with Gasteiger partial charge in [0.15, 0.2) is 0 Å². The largest absolute Gasteiger partial charge is 0.321 e. The van der Waals surface area contributed by atoms with Crippen LogP contribution in [0.5, 0.6) is 0 Å². The predicted molar refractivity (Wildman–Crippen MR) is 49.8 cm³/mol. The van der Waals surface area contributed by atoms with Crippen LogP contribution in [0, 0.1) is 11.8 Å². The van der Waals surface area contributed by atoms with E-state index in [2.05, 4.69) is 17.0 Å². The first-order valence-corrected chi connectivity index (χ1v) is 4.83. The lowest BCUT2D eigenvalue weighted by Crippen LogP contribution is -2.18. The highest BCUT2D eigenvalue weighted by atomic mass is 15.3. The highest BCUT2D eigenvalue weighted by Crippen LogP contribution is 2.47. The van der Waals surface area contributed by atoms with E-state index in [9.17, 15) is 0 Å². The van der Waals surface area contributed by atoms with E-state index in [1.165, 1.54) is 12.8 Å². The van der Waals surface area contributed by atoms with Crippen molar-refractivity contribution in [2.24, 2.45) is 24.6 Å². The molecule has 13 heavy (non-hydrogen) atoms. The van der Waals surface area contributed by atoms with E-state index >= 15 is 0 Å². The summed E-state index contributed by atoms with van der Waals surface area (Å²) in [6.07, 6.45) is 4.05. The van der Waals surface area contributed by atoms with E-state index in [0.717, 1.165) is 11.7 Å². The normalized spacial score (nSPS) is 28.8. The molecule has 0 aliphatic heterocycles. The van der Waals surface area contributed by atoms with Crippen molar-refractivity contribution >= 4 is 0 Å². The van der Waals surface area contributed by atoms with Crippen LogP contribution < -0.4 is 5.73 Å². The van der Waals surface area contributed by atoms with Crippen LogP contribution in [-0.4, -0.2) is 14.8 Å². The molecule has 1 aromatic rings. The lowest BCUT2D eigenvalue weighted by molar-refractivity contribution is 0.514. The van der Waals surface area contributed by atoms with Crippen molar-refractivity contribution in [3.05, 3.63) is 12.2 Å². The van der Waals surface area contributed by atoms with Gasteiger partial charge in [0, 0.05) is 7.05 Å². The molecular formula is C9H16N4. The molecule has 0 bridgehead atoms. The number of rotatable bonds is 3. The van der Waals surface area contributed by atoms with Crippen LogP contribution in [-0.2, 0) is 7.05 Å². The zero-order valence-electron chi connectivity index (χ0n) is 8.14. The topological polar surface area (TPSA) is 56.7 Å². The van der Waals surface area contributed by atoms with E-state index in [0.29, 0.717) is 5.92 Å². The van der Waals surface area contributed by atoms with Gasteiger partial charge in [-0.05, 0) is 18.3 Å². The zero-order chi connectivity index (χ0) is 9.42. The fraction of sp³-hybridized carbons (Fsp3) is 0.778. The van der Waals surface area contributed by atoms with Gasteiger partial charge in [-0.25, -0.2) is 4.98 Å². The molecule has 4 nitrogen and oxygen atoms in total. The first-order valence-electron chi connectivity index (χ1n) is 4.83. The number of aromatic nitrogens is 3. The lowest BCUT2D eigenvalue weighted by atomic mass is 10.1. The quantitative estimate of drug-likeness (QED) is 0.750. The van der Waals surface area contributed by atoms with Crippen LogP contribution in [0.2, 0.25) is 0 Å². The molecule has 0 aromatic carbocycles. The Hall–Kier alpha value is -0.900. The molecule has 1 heterocycles. The van der Waals surface area contributed by atoms with Crippen LogP contribution in [0.25, 0.3) is 0 Å². The van der Waals surface area contributed by atoms with Crippen molar-refractivity contribution in [2.45, 2.75) is 25.8 Å². The summed E-state index contributed by atoms with van der Waals surface area (Å²) in [7, 11) is 1.89. The first kappa shape index (κ1) is 8.69. The summed E-state index contributed by atoms with van der Waals surface area (Å²) in [5, 5.41) is 4.02. The summed E-state index contributed by atoms with van der Waals surface area (Å²) >= 11 is 0. The molecule has 1 unspecified atom stereocenters. The second-order valence-corrected chi connectivity index (χ2v) is 3.84. The maximum atomic E-state index is 6.09. The monoisotopic (exact) mass is 180 g/mol. The molecule has 72 valence electrons. The van der Waals surface area contributed by atoms with Gasteiger partial charge in [-0.1, -0.05) is 13.3 Å². The van der Waals surface area contributed by atoms with Crippen molar-refractivity contribution in [3.63, 3.8) is 0 Å². The molecule has 0 amide bonds. The fourth-order valence-electron chi connectivity index (χ4n) is 1.98. The summed E-state index contributed by atoms with van der Waals surface area (Å²) in [5.41, 5.74) is 6.09. The maximum absolute atomic E-state index is 6.09. The Bertz CT molecular complexity index is 294. The SMILES string of the molecule is CC[C@@H]1C[C@H]1C(N)c1ncnn1C. The van der Waals surface area contributed by atoms with Gasteiger partial charge in [-0.15, -0.1) is 0 Å². The highest BCUT2D eigenvalue weighted by molar-refractivity contribution is 5.03. The Morgan fingerprint density at radius 1 is 1.77 bits per heavy atom. The zero-order valence-corrected chi connectivity index (χ0v) is 8.14. The van der Waals surface area contributed by atoms with E-state index in [4.69, 9.17) is 5.73 Å². The molecule has 4 heteroatoms. The molecule has 1 aliphatic carbocycles. The van der Waals surface area contributed by atoms with Gasteiger partial charge in [0.05, 0.1) is 6.04 Å². The van der Waals surface area contributed by atoms with Crippen LogP contribution in [0.3, 0.4) is 0 Å². The maximum Gasteiger partial charge on any atom is 0.143 e. The van der Waals surface area contributed by atoms with Crippen molar-refractivity contribution in [1.82, 2.24) is 14.8 Å². The summed E-state index contributed by atoms with van der Waals surface area (Å²) in [5.74, 6) is 2.36. The van der Waals surface area contributed by atoms with Crippen molar-refractivity contribution in [1.29, 1.82) is 0 Å². The minimum atomic E-state index is 0.0810. The number of hydrogen-bond acceptors (Lipinski definition) is 3. The van der Waals surface area contributed by atoms with Gasteiger partial charge in [0.2, 0.25) is 0 Å². The second kappa shape index (κ2) is 3.10. The van der Waals surface area contributed by atoms with Crippen molar-refractivity contribution in [2.75, 3.05) is 0 Å². The van der Waals surface area contributed by atoms with Gasteiger partial charge in [0.1, 0.15) is 12.2 Å². The van der Waals surface area contributed by atoms with Crippen molar-refractivity contribution in [3.8, 4) is 0 Å². The molecule has 1 aliphatic rings. The average Bonchev–Trinajstić information content (AvgIpc) is 2.80. The molecule has 0 saturated heterocycles.